The first-order chi connectivity index (χ1) is 16.2. The van der Waals surface area contributed by atoms with Gasteiger partial charge in [0.1, 0.15) is 0 Å². The largest absolute Gasteiger partial charge is 0.322 e. The van der Waals surface area contributed by atoms with Crippen molar-refractivity contribution in [3.05, 3.63) is 78.1 Å². The lowest BCUT2D eigenvalue weighted by atomic mass is 9.96. The predicted molar refractivity (Wildman–Crippen MR) is 126 cm³/mol. The van der Waals surface area contributed by atoms with E-state index in [1.807, 2.05) is 65.5 Å². The number of nitrogens with one attached hydrogen (secondary N) is 1. The van der Waals surface area contributed by atoms with Crippen molar-refractivity contribution >= 4 is 11.6 Å². The van der Waals surface area contributed by atoms with Crippen molar-refractivity contribution in [2.24, 2.45) is 0 Å². The van der Waals surface area contributed by atoms with E-state index in [0.717, 1.165) is 36.1 Å². The minimum Gasteiger partial charge on any atom is -0.322 e. The second kappa shape index (κ2) is 9.77. The quantitative estimate of drug-likeness (QED) is 0.455. The van der Waals surface area contributed by atoms with E-state index >= 15 is 0 Å². The highest BCUT2D eigenvalue weighted by Crippen LogP contribution is 2.27. The van der Waals surface area contributed by atoms with E-state index in [0.29, 0.717) is 24.0 Å². The molecule has 4 aromatic rings. The van der Waals surface area contributed by atoms with Crippen LogP contribution in [0.4, 0.5) is 5.69 Å². The number of rotatable bonds is 7. The topological polar surface area (TPSA) is 90.5 Å². The fraction of sp³-hybridized carbons (Fsp3) is 0.320. The number of benzene rings is 2. The molecular weight excluding hydrogens is 414 g/mol. The van der Waals surface area contributed by atoms with Crippen LogP contribution in [0.5, 0.6) is 0 Å². The molecule has 0 bridgehead atoms. The summed E-state index contributed by atoms with van der Waals surface area (Å²) in [6.07, 6.45) is 10.3. The number of aryl methyl sites for hydroxylation is 2. The number of carbonyl (C=O) groups excluding carboxylic acids is 1. The molecule has 0 saturated heterocycles. The van der Waals surface area contributed by atoms with Gasteiger partial charge in [0.2, 0.25) is 5.82 Å². The molecule has 1 aliphatic carbocycles. The van der Waals surface area contributed by atoms with Crippen molar-refractivity contribution in [2.45, 2.75) is 51.1 Å². The van der Waals surface area contributed by atoms with Crippen LogP contribution in [-0.2, 0) is 13.0 Å². The molecule has 1 aliphatic rings. The minimum absolute atomic E-state index is 0.134. The first-order valence-corrected chi connectivity index (χ1v) is 11.5. The summed E-state index contributed by atoms with van der Waals surface area (Å²) in [7, 11) is 0. The average Bonchev–Trinajstić information content (AvgIpc) is 3.55. The molecule has 1 fully saturated rings. The molecule has 8 heteroatoms. The van der Waals surface area contributed by atoms with Gasteiger partial charge < -0.3 is 5.32 Å². The molecule has 0 atom stereocenters. The van der Waals surface area contributed by atoms with Gasteiger partial charge in [0.15, 0.2) is 0 Å². The van der Waals surface area contributed by atoms with Crippen LogP contribution in [-0.4, -0.2) is 35.9 Å². The summed E-state index contributed by atoms with van der Waals surface area (Å²) in [5.74, 6) is 0.491. The van der Waals surface area contributed by atoms with Crippen molar-refractivity contribution in [2.75, 3.05) is 5.32 Å². The van der Waals surface area contributed by atoms with Crippen LogP contribution in [0.15, 0.2) is 67.0 Å². The number of anilines is 1. The molecule has 0 unspecified atom stereocenters. The monoisotopic (exact) mass is 441 g/mol. The smallest absolute Gasteiger partial charge is 0.258 e. The van der Waals surface area contributed by atoms with Gasteiger partial charge in [0.05, 0.1) is 24.3 Å². The Morgan fingerprint density at radius 3 is 2.58 bits per heavy atom. The molecule has 1 N–H and O–H groups in total. The second-order valence-electron chi connectivity index (χ2n) is 8.48. The van der Waals surface area contributed by atoms with Gasteiger partial charge in [0, 0.05) is 17.4 Å². The summed E-state index contributed by atoms with van der Waals surface area (Å²) in [6, 6.07) is 18.1. The lowest BCUT2D eigenvalue weighted by Crippen LogP contribution is -2.14. The van der Waals surface area contributed by atoms with Crippen LogP contribution in [0.3, 0.4) is 0 Å². The zero-order chi connectivity index (χ0) is 22.5. The van der Waals surface area contributed by atoms with E-state index in [1.54, 1.807) is 11.0 Å². The maximum Gasteiger partial charge on any atom is 0.258 e. The van der Waals surface area contributed by atoms with Crippen molar-refractivity contribution in [3.8, 4) is 11.4 Å². The van der Waals surface area contributed by atoms with Crippen LogP contribution in [0.25, 0.3) is 11.4 Å². The number of nitrogens with zero attached hydrogens (tertiary/aromatic N) is 6. The van der Waals surface area contributed by atoms with E-state index in [1.165, 1.54) is 19.3 Å². The Morgan fingerprint density at radius 2 is 1.79 bits per heavy atom. The van der Waals surface area contributed by atoms with Gasteiger partial charge >= 0.3 is 0 Å². The minimum atomic E-state index is -0.134. The fourth-order valence-corrected chi connectivity index (χ4v) is 4.23. The average molecular weight is 442 g/mol. The summed E-state index contributed by atoms with van der Waals surface area (Å²) in [5.41, 5.74) is 3.44. The Hall–Kier alpha value is -3.81. The molecular formula is C25H27N7O. The summed E-state index contributed by atoms with van der Waals surface area (Å²) in [4.78, 5) is 14.2. The van der Waals surface area contributed by atoms with Crippen LogP contribution < -0.4 is 5.32 Å². The fourth-order valence-electron chi connectivity index (χ4n) is 4.23. The maximum atomic E-state index is 12.6. The molecule has 1 saturated carbocycles. The zero-order valence-corrected chi connectivity index (χ0v) is 18.5. The van der Waals surface area contributed by atoms with Gasteiger partial charge in [-0.1, -0.05) is 61.7 Å². The molecule has 168 valence electrons. The Bertz CT molecular complexity index is 1190. The highest BCUT2D eigenvalue weighted by Gasteiger charge is 2.18. The van der Waals surface area contributed by atoms with Gasteiger partial charge in [-0.2, -0.15) is 9.90 Å². The predicted octanol–water partition coefficient (Wildman–Crippen LogP) is 4.54. The van der Waals surface area contributed by atoms with E-state index in [9.17, 15) is 4.79 Å². The zero-order valence-electron chi connectivity index (χ0n) is 18.5. The SMILES string of the molecule is O=C(Nc1ccc(CCn2nnc(-c3ccccc3)n2)cc1)c1cnn(C2CCCCC2)c1. The third kappa shape index (κ3) is 5.16. The van der Waals surface area contributed by atoms with Gasteiger partial charge in [-0.25, -0.2) is 0 Å². The first-order valence-electron chi connectivity index (χ1n) is 11.5. The normalized spacial score (nSPS) is 14.3. The number of hydrogen-bond acceptors (Lipinski definition) is 5. The Balaban J connectivity index is 1.14. The third-order valence-electron chi connectivity index (χ3n) is 6.11. The third-order valence-corrected chi connectivity index (χ3v) is 6.11. The van der Waals surface area contributed by atoms with Crippen LogP contribution in [0, 0.1) is 0 Å². The molecule has 8 nitrogen and oxygen atoms in total. The van der Waals surface area contributed by atoms with Gasteiger partial charge in [-0.3, -0.25) is 9.48 Å². The molecule has 2 aromatic carbocycles. The first kappa shape index (κ1) is 21.1. The molecule has 2 heterocycles. The Kier molecular flexibility index (Phi) is 6.23. The molecule has 33 heavy (non-hydrogen) atoms. The Labute approximate surface area is 192 Å². The van der Waals surface area contributed by atoms with E-state index in [2.05, 4.69) is 25.8 Å². The van der Waals surface area contributed by atoms with Crippen molar-refractivity contribution in [3.63, 3.8) is 0 Å². The Morgan fingerprint density at radius 1 is 1.00 bits per heavy atom. The summed E-state index contributed by atoms with van der Waals surface area (Å²) >= 11 is 0. The van der Waals surface area contributed by atoms with Crippen molar-refractivity contribution in [1.82, 2.24) is 30.0 Å². The van der Waals surface area contributed by atoms with E-state index in [4.69, 9.17) is 0 Å². The molecule has 0 radical (unpaired) electrons. The molecule has 0 aliphatic heterocycles. The number of amides is 1. The number of carbonyl (C=O) groups is 1. The number of aromatic nitrogens is 6. The van der Waals surface area contributed by atoms with Crippen LogP contribution in [0.1, 0.15) is 54.1 Å². The van der Waals surface area contributed by atoms with Gasteiger partial charge in [-0.05, 0) is 42.2 Å². The van der Waals surface area contributed by atoms with Gasteiger partial charge in [-0.15, -0.1) is 10.2 Å². The highest BCUT2D eigenvalue weighted by molar-refractivity contribution is 6.03. The van der Waals surface area contributed by atoms with Crippen LogP contribution in [0.2, 0.25) is 0 Å². The molecule has 2 aromatic heterocycles. The summed E-state index contributed by atoms with van der Waals surface area (Å²) in [5, 5.41) is 20.1. The molecule has 0 spiro atoms. The molecule has 5 rings (SSSR count). The van der Waals surface area contributed by atoms with E-state index in [-0.39, 0.29) is 5.91 Å². The van der Waals surface area contributed by atoms with Crippen molar-refractivity contribution < 1.29 is 4.79 Å². The second-order valence-corrected chi connectivity index (χ2v) is 8.48. The highest BCUT2D eigenvalue weighted by atomic mass is 16.1. The number of tetrazole rings is 1. The van der Waals surface area contributed by atoms with E-state index < -0.39 is 0 Å². The summed E-state index contributed by atoms with van der Waals surface area (Å²) < 4.78 is 1.96. The number of hydrogen-bond donors (Lipinski definition) is 1. The lowest BCUT2D eigenvalue weighted by molar-refractivity contribution is 0.102. The lowest BCUT2D eigenvalue weighted by Gasteiger charge is -2.21. The molecule has 1 amide bonds. The standard InChI is InChI=1S/C25H27N7O/c33-25(21-17-26-31(18-21)23-9-5-2-6-10-23)27-22-13-11-19(12-14-22)15-16-32-29-24(28-30-32)20-7-3-1-4-8-20/h1,3-4,7-8,11-14,17-18,23H,2,5-6,9-10,15-16H2,(H,27,33). The van der Waals surface area contributed by atoms with Crippen LogP contribution >= 0.6 is 0 Å². The van der Waals surface area contributed by atoms with Crippen molar-refractivity contribution in [1.29, 1.82) is 0 Å². The summed E-state index contributed by atoms with van der Waals surface area (Å²) in [6.45, 7) is 0.631. The maximum absolute atomic E-state index is 12.6. The van der Waals surface area contributed by atoms with Gasteiger partial charge in [0.25, 0.3) is 5.91 Å².